The molecule has 30 heavy (non-hydrogen) atoms. The lowest BCUT2D eigenvalue weighted by molar-refractivity contribution is -0.116. The maximum Gasteiger partial charge on any atom is 0.420 e. The average molecular weight is 398 g/mol. The monoisotopic (exact) mass is 398 g/mol. The van der Waals surface area contributed by atoms with Crippen molar-refractivity contribution in [2.24, 2.45) is 0 Å². The second-order valence-electron chi connectivity index (χ2n) is 7.09. The highest BCUT2D eigenvalue weighted by molar-refractivity contribution is 5.93. The number of pyridine rings is 1. The number of hydrogen-bond donors (Lipinski definition) is 1. The van der Waals surface area contributed by atoms with E-state index in [2.05, 4.69) is 10.3 Å². The van der Waals surface area contributed by atoms with Crippen LogP contribution in [-0.2, 0) is 11.3 Å². The molecule has 1 amide bonds. The van der Waals surface area contributed by atoms with Gasteiger partial charge < -0.3 is 14.1 Å². The summed E-state index contributed by atoms with van der Waals surface area (Å²) in [5.41, 5.74) is 5.20. The first-order valence-corrected chi connectivity index (χ1v) is 9.51. The number of nitrogens with zero attached hydrogens (tertiary/aromatic N) is 3. The third-order valence-corrected chi connectivity index (χ3v) is 5.05. The second kappa shape index (κ2) is 7.04. The number of anilines is 1. The highest BCUT2D eigenvalue weighted by Gasteiger charge is 2.14. The van der Waals surface area contributed by atoms with Crippen LogP contribution in [0.2, 0.25) is 0 Å². The van der Waals surface area contributed by atoms with Crippen molar-refractivity contribution >= 4 is 28.3 Å². The molecular formula is C23H18N4O3. The number of oxazole rings is 1. The summed E-state index contributed by atoms with van der Waals surface area (Å²) >= 11 is 0. The van der Waals surface area contributed by atoms with Crippen LogP contribution in [0.1, 0.15) is 5.56 Å². The quantitative estimate of drug-likeness (QED) is 0.498. The van der Waals surface area contributed by atoms with Crippen LogP contribution in [0, 0.1) is 6.92 Å². The van der Waals surface area contributed by atoms with Crippen molar-refractivity contribution in [2.45, 2.75) is 13.5 Å². The maximum atomic E-state index is 12.7. The summed E-state index contributed by atoms with van der Waals surface area (Å²) in [6.07, 6.45) is 3.89. The first kappa shape index (κ1) is 17.9. The molecule has 3 aromatic heterocycles. The summed E-state index contributed by atoms with van der Waals surface area (Å²) < 4.78 is 8.47. The minimum Gasteiger partial charge on any atom is -0.408 e. The predicted molar refractivity (Wildman–Crippen MR) is 114 cm³/mol. The first-order valence-electron chi connectivity index (χ1n) is 9.51. The van der Waals surface area contributed by atoms with E-state index < -0.39 is 5.76 Å². The highest BCUT2D eigenvalue weighted by atomic mass is 16.4. The molecule has 0 aliphatic heterocycles. The Morgan fingerprint density at radius 2 is 1.93 bits per heavy atom. The van der Waals surface area contributed by atoms with Crippen LogP contribution in [0.25, 0.3) is 28.0 Å². The predicted octanol–water partition coefficient (Wildman–Crippen LogP) is 3.86. The molecule has 7 heteroatoms. The number of benzene rings is 2. The number of amides is 1. The SMILES string of the molecule is Cc1ccc(-c2cn3ccccc3n2)cc1NC(=O)Cn1c(=O)oc2ccccc21. The van der Waals surface area contributed by atoms with Crippen molar-refractivity contribution in [1.82, 2.24) is 14.0 Å². The zero-order valence-corrected chi connectivity index (χ0v) is 16.2. The van der Waals surface area contributed by atoms with E-state index >= 15 is 0 Å². The van der Waals surface area contributed by atoms with Gasteiger partial charge in [-0.05, 0) is 42.8 Å². The molecule has 0 saturated heterocycles. The fourth-order valence-corrected chi connectivity index (χ4v) is 3.49. The normalized spacial score (nSPS) is 11.2. The molecule has 5 aromatic rings. The van der Waals surface area contributed by atoms with Gasteiger partial charge in [0.05, 0.1) is 11.2 Å². The van der Waals surface area contributed by atoms with Gasteiger partial charge in [0.25, 0.3) is 0 Å². The Hall–Kier alpha value is -4.13. The molecule has 0 unspecified atom stereocenters. The third kappa shape index (κ3) is 3.16. The average Bonchev–Trinajstić information content (AvgIpc) is 3.31. The summed E-state index contributed by atoms with van der Waals surface area (Å²) in [5, 5.41) is 2.91. The van der Waals surface area contributed by atoms with E-state index in [-0.39, 0.29) is 12.5 Å². The molecular weight excluding hydrogens is 380 g/mol. The molecule has 0 radical (unpaired) electrons. The molecule has 5 rings (SSSR count). The highest BCUT2D eigenvalue weighted by Crippen LogP contribution is 2.25. The van der Waals surface area contributed by atoms with Crippen molar-refractivity contribution in [3.8, 4) is 11.3 Å². The number of carbonyl (C=O) groups excluding carboxylic acids is 1. The smallest absolute Gasteiger partial charge is 0.408 e. The van der Waals surface area contributed by atoms with Crippen molar-refractivity contribution in [3.05, 3.63) is 89.2 Å². The van der Waals surface area contributed by atoms with Crippen molar-refractivity contribution < 1.29 is 9.21 Å². The number of rotatable bonds is 4. The molecule has 148 valence electrons. The van der Waals surface area contributed by atoms with Gasteiger partial charge in [-0.2, -0.15) is 0 Å². The van der Waals surface area contributed by atoms with Crippen LogP contribution >= 0.6 is 0 Å². The van der Waals surface area contributed by atoms with Gasteiger partial charge in [0.15, 0.2) is 5.58 Å². The zero-order chi connectivity index (χ0) is 20.7. The van der Waals surface area contributed by atoms with E-state index in [0.717, 1.165) is 22.5 Å². The number of hydrogen-bond acceptors (Lipinski definition) is 4. The van der Waals surface area contributed by atoms with Crippen LogP contribution in [0.4, 0.5) is 5.69 Å². The van der Waals surface area contributed by atoms with Gasteiger partial charge in [-0.15, -0.1) is 0 Å². The Morgan fingerprint density at radius 1 is 1.10 bits per heavy atom. The zero-order valence-electron chi connectivity index (χ0n) is 16.2. The van der Waals surface area contributed by atoms with Gasteiger partial charge in [0.2, 0.25) is 5.91 Å². The van der Waals surface area contributed by atoms with Crippen LogP contribution in [0.15, 0.2) is 82.3 Å². The van der Waals surface area contributed by atoms with E-state index in [0.29, 0.717) is 16.8 Å². The van der Waals surface area contributed by atoms with Gasteiger partial charge in [0.1, 0.15) is 12.2 Å². The van der Waals surface area contributed by atoms with E-state index in [4.69, 9.17) is 4.42 Å². The number of para-hydroxylation sites is 2. The Labute approximate surface area is 171 Å². The second-order valence-corrected chi connectivity index (χ2v) is 7.09. The molecule has 0 bridgehead atoms. The maximum absolute atomic E-state index is 12.7. The van der Waals surface area contributed by atoms with Gasteiger partial charge in [-0.3, -0.25) is 9.36 Å². The summed E-state index contributed by atoms with van der Waals surface area (Å²) in [5.74, 6) is -0.861. The van der Waals surface area contributed by atoms with E-state index in [9.17, 15) is 9.59 Å². The lowest BCUT2D eigenvalue weighted by Crippen LogP contribution is -2.25. The van der Waals surface area contributed by atoms with E-state index in [1.54, 1.807) is 24.3 Å². The number of aromatic nitrogens is 3. The Morgan fingerprint density at radius 3 is 2.80 bits per heavy atom. The Balaban J connectivity index is 1.43. The number of carbonyl (C=O) groups is 1. The van der Waals surface area contributed by atoms with Crippen LogP contribution < -0.4 is 11.1 Å². The topological polar surface area (TPSA) is 81.5 Å². The molecule has 0 aliphatic carbocycles. The van der Waals surface area contributed by atoms with Gasteiger partial charge >= 0.3 is 5.76 Å². The van der Waals surface area contributed by atoms with E-state index in [1.807, 2.05) is 60.1 Å². The van der Waals surface area contributed by atoms with Crippen LogP contribution in [0.5, 0.6) is 0 Å². The van der Waals surface area contributed by atoms with Gasteiger partial charge in [-0.1, -0.05) is 30.3 Å². The number of nitrogens with one attached hydrogen (secondary N) is 1. The molecule has 7 nitrogen and oxygen atoms in total. The molecule has 3 heterocycles. The van der Waals surface area contributed by atoms with Crippen LogP contribution in [0.3, 0.4) is 0 Å². The van der Waals surface area contributed by atoms with Crippen molar-refractivity contribution in [2.75, 3.05) is 5.32 Å². The molecule has 2 aromatic carbocycles. The van der Waals surface area contributed by atoms with Gasteiger partial charge in [-0.25, -0.2) is 9.78 Å². The summed E-state index contributed by atoms with van der Waals surface area (Å²) in [6.45, 7) is 1.79. The Kier molecular flexibility index (Phi) is 4.21. The lowest BCUT2D eigenvalue weighted by Gasteiger charge is -2.10. The fourth-order valence-electron chi connectivity index (χ4n) is 3.49. The Bertz CT molecular complexity index is 1430. The molecule has 0 atom stereocenters. The lowest BCUT2D eigenvalue weighted by atomic mass is 10.1. The minimum absolute atomic E-state index is 0.131. The summed E-state index contributed by atoms with van der Waals surface area (Å²) in [7, 11) is 0. The number of imidazole rings is 1. The van der Waals surface area contributed by atoms with Crippen molar-refractivity contribution in [1.29, 1.82) is 0 Å². The largest absolute Gasteiger partial charge is 0.420 e. The summed E-state index contributed by atoms with van der Waals surface area (Å²) in [6, 6.07) is 18.7. The number of fused-ring (bicyclic) bond motifs is 2. The standard InChI is InChI=1S/C23H18N4O3/c1-15-9-10-16(18-13-26-11-5-4-8-21(26)24-18)12-17(15)25-22(28)14-27-19-6-2-3-7-20(19)30-23(27)29/h2-13H,14H2,1H3,(H,25,28). The molecule has 1 N–H and O–H groups in total. The van der Waals surface area contributed by atoms with Crippen LogP contribution in [-0.4, -0.2) is 19.9 Å². The first-order chi connectivity index (χ1) is 14.6. The minimum atomic E-state index is -0.554. The van der Waals surface area contributed by atoms with Gasteiger partial charge in [0, 0.05) is 23.6 Å². The number of aryl methyl sites for hydroxylation is 1. The fraction of sp³-hybridized carbons (Fsp3) is 0.0870. The van der Waals surface area contributed by atoms with Crippen molar-refractivity contribution in [3.63, 3.8) is 0 Å². The molecule has 0 aliphatic rings. The molecule has 0 spiro atoms. The third-order valence-electron chi connectivity index (χ3n) is 5.05. The molecule has 0 fully saturated rings. The molecule has 0 saturated carbocycles. The summed E-state index contributed by atoms with van der Waals surface area (Å²) in [4.78, 5) is 29.4. The van der Waals surface area contributed by atoms with E-state index in [1.165, 1.54) is 4.57 Å².